The molecule has 0 aliphatic heterocycles. The summed E-state index contributed by atoms with van der Waals surface area (Å²) in [5.74, 6) is -0.480. The maximum Gasteiger partial charge on any atom is 0.360 e. The molecule has 0 bridgehead atoms. The van der Waals surface area contributed by atoms with Crippen LogP contribution in [0.15, 0.2) is 16.7 Å². The third-order valence-corrected chi connectivity index (χ3v) is 2.69. The van der Waals surface area contributed by atoms with Crippen LogP contribution in [0.2, 0.25) is 0 Å². The Bertz CT molecular complexity index is 535. The highest BCUT2D eigenvalue weighted by atomic mass is 79.9. The number of ether oxygens (including phenoxy) is 1. The molecular formula is C9H8BrN3O2. The summed E-state index contributed by atoms with van der Waals surface area (Å²) in [7, 11) is 3.07. The van der Waals surface area contributed by atoms with Crippen LogP contribution in [0.5, 0.6) is 0 Å². The van der Waals surface area contributed by atoms with Gasteiger partial charge in [0.2, 0.25) is 0 Å². The number of carbonyl (C=O) groups excluding carboxylic acids is 1. The van der Waals surface area contributed by atoms with Crippen molar-refractivity contribution >= 4 is 32.9 Å². The summed E-state index contributed by atoms with van der Waals surface area (Å²) in [6, 6.07) is 1.80. The Balaban J connectivity index is 2.79. The van der Waals surface area contributed by atoms with Gasteiger partial charge < -0.3 is 4.74 Å². The molecule has 0 aromatic carbocycles. The van der Waals surface area contributed by atoms with Crippen molar-refractivity contribution in [1.29, 1.82) is 0 Å². The second-order valence-electron chi connectivity index (χ2n) is 2.95. The van der Waals surface area contributed by atoms with Gasteiger partial charge in [0.25, 0.3) is 0 Å². The van der Waals surface area contributed by atoms with Gasteiger partial charge in [0.15, 0.2) is 5.69 Å². The molecule has 78 valence electrons. The van der Waals surface area contributed by atoms with Crippen LogP contribution in [0.25, 0.3) is 11.0 Å². The lowest BCUT2D eigenvalue weighted by atomic mass is 10.3. The smallest absolute Gasteiger partial charge is 0.360 e. The van der Waals surface area contributed by atoms with Crippen molar-refractivity contribution < 1.29 is 9.53 Å². The minimum atomic E-state index is -0.480. The fraction of sp³-hybridized carbons (Fsp3) is 0.222. The summed E-state index contributed by atoms with van der Waals surface area (Å²) < 4.78 is 7.07. The van der Waals surface area contributed by atoms with E-state index in [1.165, 1.54) is 7.11 Å². The van der Waals surface area contributed by atoms with Crippen LogP contribution >= 0.6 is 15.9 Å². The van der Waals surface area contributed by atoms with E-state index in [0.29, 0.717) is 5.52 Å². The van der Waals surface area contributed by atoms with Crippen LogP contribution in [0, 0.1) is 0 Å². The van der Waals surface area contributed by atoms with Gasteiger partial charge in [-0.25, -0.2) is 4.79 Å². The summed E-state index contributed by atoms with van der Waals surface area (Å²) in [6.45, 7) is 0. The maximum atomic E-state index is 11.4. The van der Waals surface area contributed by atoms with E-state index in [2.05, 4.69) is 30.7 Å². The molecule has 15 heavy (non-hydrogen) atoms. The SMILES string of the molecule is COC(=O)c1nn(C)c2c(Br)ccnc12. The molecule has 2 aromatic heterocycles. The van der Waals surface area contributed by atoms with Crippen molar-refractivity contribution in [3.05, 3.63) is 22.4 Å². The zero-order valence-corrected chi connectivity index (χ0v) is 9.78. The molecule has 0 saturated heterocycles. The number of hydrogen-bond donors (Lipinski definition) is 0. The van der Waals surface area contributed by atoms with Crippen molar-refractivity contribution in [1.82, 2.24) is 14.8 Å². The Hall–Kier alpha value is -1.43. The quantitative estimate of drug-likeness (QED) is 0.737. The topological polar surface area (TPSA) is 57.0 Å². The third kappa shape index (κ3) is 1.50. The van der Waals surface area contributed by atoms with Gasteiger partial charge >= 0.3 is 5.97 Å². The van der Waals surface area contributed by atoms with Crippen LogP contribution in [-0.2, 0) is 11.8 Å². The molecule has 0 aliphatic rings. The fourth-order valence-electron chi connectivity index (χ4n) is 1.39. The largest absolute Gasteiger partial charge is 0.464 e. The standard InChI is InChI=1S/C9H8BrN3O2/c1-13-8-5(10)3-4-11-6(8)7(12-13)9(14)15-2/h3-4H,1-2H3. The van der Waals surface area contributed by atoms with Crippen LogP contribution in [0.1, 0.15) is 10.5 Å². The van der Waals surface area contributed by atoms with Crippen LogP contribution in [0.4, 0.5) is 0 Å². The van der Waals surface area contributed by atoms with E-state index in [-0.39, 0.29) is 5.69 Å². The average Bonchev–Trinajstić information content (AvgIpc) is 2.56. The van der Waals surface area contributed by atoms with E-state index >= 15 is 0 Å². The number of fused-ring (bicyclic) bond motifs is 1. The minimum Gasteiger partial charge on any atom is -0.464 e. The van der Waals surface area contributed by atoms with Crippen LogP contribution in [0.3, 0.4) is 0 Å². The van der Waals surface area contributed by atoms with Crippen molar-refractivity contribution in [3.63, 3.8) is 0 Å². The molecule has 0 aliphatic carbocycles. The molecular weight excluding hydrogens is 262 g/mol. The van der Waals surface area contributed by atoms with Crippen molar-refractivity contribution in [2.75, 3.05) is 7.11 Å². The molecule has 0 atom stereocenters. The number of hydrogen-bond acceptors (Lipinski definition) is 4. The molecule has 5 nitrogen and oxygen atoms in total. The van der Waals surface area contributed by atoms with Crippen molar-refractivity contribution in [2.45, 2.75) is 0 Å². The predicted octanol–water partition coefficient (Wildman–Crippen LogP) is 1.52. The number of pyridine rings is 1. The first kappa shape index (κ1) is 10.1. The Morgan fingerprint density at radius 3 is 3.00 bits per heavy atom. The molecule has 0 radical (unpaired) electrons. The Kier molecular flexibility index (Phi) is 2.44. The number of rotatable bonds is 1. The molecule has 0 fully saturated rings. The fourth-order valence-corrected chi connectivity index (χ4v) is 1.96. The first-order valence-corrected chi connectivity index (χ1v) is 5.00. The predicted molar refractivity (Wildman–Crippen MR) is 57.5 cm³/mol. The number of carbonyl (C=O) groups is 1. The van der Waals surface area contributed by atoms with Gasteiger partial charge in [-0.05, 0) is 22.0 Å². The summed E-state index contributed by atoms with van der Waals surface area (Å²) in [6.07, 6.45) is 1.61. The van der Waals surface area contributed by atoms with E-state index in [0.717, 1.165) is 9.99 Å². The summed E-state index contributed by atoms with van der Waals surface area (Å²) in [5.41, 5.74) is 1.55. The minimum absolute atomic E-state index is 0.233. The monoisotopic (exact) mass is 269 g/mol. The molecule has 2 rings (SSSR count). The Labute approximate surface area is 94.2 Å². The number of halogens is 1. The molecule has 2 heterocycles. The summed E-state index contributed by atoms with van der Waals surface area (Å²) in [5, 5.41) is 4.07. The molecule has 6 heteroatoms. The van der Waals surface area contributed by atoms with Gasteiger partial charge in [0.05, 0.1) is 7.11 Å². The zero-order chi connectivity index (χ0) is 11.0. The van der Waals surface area contributed by atoms with E-state index < -0.39 is 5.97 Å². The molecule has 0 spiro atoms. The number of nitrogens with zero attached hydrogens (tertiary/aromatic N) is 3. The van der Waals surface area contributed by atoms with E-state index in [1.807, 2.05) is 0 Å². The van der Waals surface area contributed by atoms with Gasteiger partial charge in [-0.1, -0.05) is 0 Å². The zero-order valence-electron chi connectivity index (χ0n) is 8.19. The van der Waals surface area contributed by atoms with Crippen molar-refractivity contribution in [2.24, 2.45) is 7.05 Å². The molecule has 0 N–H and O–H groups in total. The van der Waals surface area contributed by atoms with Gasteiger partial charge in [0, 0.05) is 17.7 Å². The first-order chi connectivity index (χ1) is 7.15. The van der Waals surface area contributed by atoms with Gasteiger partial charge in [-0.3, -0.25) is 9.67 Å². The Morgan fingerprint density at radius 1 is 1.60 bits per heavy atom. The van der Waals surface area contributed by atoms with Gasteiger partial charge in [-0.15, -0.1) is 0 Å². The van der Waals surface area contributed by atoms with Gasteiger partial charge in [0.1, 0.15) is 11.0 Å². The van der Waals surface area contributed by atoms with E-state index in [1.54, 1.807) is 24.0 Å². The summed E-state index contributed by atoms with van der Waals surface area (Å²) in [4.78, 5) is 15.5. The highest BCUT2D eigenvalue weighted by Crippen LogP contribution is 2.23. The molecule has 0 saturated carbocycles. The number of methoxy groups -OCH3 is 1. The maximum absolute atomic E-state index is 11.4. The molecule has 2 aromatic rings. The summed E-state index contributed by atoms with van der Waals surface area (Å²) >= 11 is 3.38. The lowest BCUT2D eigenvalue weighted by Gasteiger charge is -1.95. The first-order valence-electron chi connectivity index (χ1n) is 4.20. The normalized spacial score (nSPS) is 10.6. The third-order valence-electron chi connectivity index (χ3n) is 2.05. The van der Waals surface area contributed by atoms with Crippen LogP contribution in [-0.4, -0.2) is 27.8 Å². The number of esters is 1. The van der Waals surface area contributed by atoms with Crippen LogP contribution < -0.4 is 0 Å². The van der Waals surface area contributed by atoms with Crippen molar-refractivity contribution in [3.8, 4) is 0 Å². The van der Waals surface area contributed by atoms with E-state index in [9.17, 15) is 4.79 Å². The lowest BCUT2D eigenvalue weighted by Crippen LogP contribution is -2.03. The molecule has 0 amide bonds. The highest BCUT2D eigenvalue weighted by molar-refractivity contribution is 9.10. The lowest BCUT2D eigenvalue weighted by molar-refractivity contribution is 0.0595. The van der Waals surface area contributed by atoms with E-state index in [4.69, 9.17) is 0 Å². The number of aromatic nitrogens is 3. The second-order valence-corrected chi connectivity index (χ2v) is 3.81. The average molecular weight is 270 g/mol. The highest BCUT2D eigenvalue weighted by Gasteiger charge is 2.18. The number of aryl methyl sites for hydroxylation is 1. The second kappa shape index (κ2) is 3.62. The van der Waals surface area contributed by atoms with Gasteiger partial charge in [-0.2, -0.15) is 5.10 Å². The Morgan fingerprint density at radius 2 is 2.33 bits per heavy atom. The molecule has 0 unspecified atom stereocenters.